The second kappa shape index (κ2) is 4.21. The highest BCUT2D eigenvalue weighted by molar-refractivity contribution is 4.92. The summed E-state index contributed by atoms with van der Waals surface area (Å²) in [7, 11) is 0. The Labute approximate surface area is 73.8 Å². The largest absolute Gasteiger partial charge is 0.394 e. The van der Waals surface area contributed by atoms with E-state index in [0.717, 1.165) is 25.8 Å². The van der Waals surface area contributed by atoms with Crippen LogP contribution in [-0.2, 0) is 0 Å². The zero-order chi connectivity index (χ0) is 9.03. The predicted octanol–water partition coefficient (Wildman–Crippen LogP) is 0.262. The molecule has 1 rings (SSSR count). The van der Waals surface area contributed by atoms with E-state index < -0.39 is 0 Å². The van der Waals surface area contributed by atoms with Gasteiger partial charge in [-0.15, -0.1) is 0 Å². The second-order valence-corrected chi connectivity index (χ2v) is 3.72. The Bertz CT molecular complexity index is 136. The first-order chi connectivity index (χ1) is 5.72. The maximum atomic E-state index is 9.45. The molecule has 1 aliphatic rings. The van der Waals surface area contributed by atoms with Crippen molar-refractivity contribution >= 4 is 0 Å². The van der Waals surface area contributed by atoms with Gasteiger partial charge in [-0.25, -0.2) is 0 Å². The van der Waals surface area contributed by atoms with E-state index in [2.05, 4.69) is 5.32 Å². The molecule has 0 aliphatic heterocycles. The van der Waals surface area contributed by atoms with E-state index >= 15 is 0 Å². The highest BCUT2D eigenvalue weighted by Crippen LogP contribution is 2.27. The Morgan fingerprint density at radius 2 is 2.33 bits per heavy atom. The highest BCUT2D eigenvalue weighted by atomic mass is 16.3. The molecule has 0 heterocycles. The third kappa shape index (κ3) is 2.19. The van der Waals surface area contributed by atoms with Crippen molar-refractivity contribution < 1.29 is 10.2 Å². The number of aliphatic hydroxyl groups excluding tert-OH is 2. The highest BCUT2D eigenvalue weighted by Gasteiger charge is 2.34. The number of hydrogen-bond donors (Lipinski definition) is 3. The fourth-order valence-corrected chi connectivity index (χ4v) is 2.07. The van der Waals surface area contributed by atoms with Crippen molar-refractivity contribution in [2.24, 2.45) is 0 Å². The van der Waals surface area contributed by atoms with Crippen LogP contribution in [0.5, 0.6) is 0 Å². The molecule has 0 saturated heterocycles. The first-order valence-electron chi connectivity index (χ1n) is 4.76. The maximum Gasteiger partial charge on any atom is 0.0614 e. The van der Waals surface area contributed by atoms with Crippen LogP contribution in [0, 0.1) is 0 Å². The topological polar surface area (TPSA) is 52.5 Å². The van der Waals surface area contributed by atoms with Gasteiger partial charge in [0.15, 0.2) is 0 Å². The van der Waals surface area contributed by atoms with Crippen LogP contribution in [0.25, 0.3) is 0 Å². The van der Waals surface area contributed by atoms with Crippen molar-refractivity contribution in [2.45, 2.75) is 44.2 Å². The molecule has 0 amide bonds. The van der Waals surface area contributed by atoms with Crippen LogP contribution < -0.4 is 5.32 Å². The molecule has 3 N–H and O–H groups in total. The molecule has 0 aromatic heterocycles. The summed E-state index contributed by atoms with van der Waals surface area (Å²) < 4.78 is 0. The van der Waals surface area contributed by atoms with Gasteiger partial charge in [0.05, 0.1) is 12.7 Å². The standard InChI is InChI=1S/C9H19NO2/c1-2-10-9(7-11)5-3-4-8(12)6-9/h8,10-12H,2-7H2,1H3. The lowest BCUT2D eigenvalue weighted by molar-refractivity contribution is 0.0392. The molecule has 0 radical (unpaired) electrons. The Hall–Kier alpha value is -0.120. The van der Waals surface area contributed by atoms with Crippen molar-refractivity contribution in [3.63, 3.8) is 0 Å². The van der Waals surface area contributed by atoms with Crippen LogP contribution >= 0.6 is 0 Å². The zero-order valence-electron chi connectivity index (χ0n) is 7.71. The summed E-state index contributed by atoms with van der Waals surface area (Å²) in [6.07, 6.45) is 3.33. The molecule has 0 aromatic carbocycles. The lowest BCUT2D eigenvalue weighted by Gasteiger charge is -2.38. The van der Waals surface area contributed by atoms with Gasteiger partial charge < -0.3 is 15.5 Å². The van der Waals surface area contributed by atoms with Crippen molar-refractivity contribution in [3.05, 3.63) is 0 Å². The van der Waals surface area contributed by atoms with Crippen LogP contribution in [0.3, 0.4) is 0 Å². The Morgan fingerprint density at radius 1 is 1.58 bits per heavy atom. The van der Waals surface area contributed by atoms with Gasteiger partial charge >= 0.3 is 0 Å². The molecule has 3 nitrogen and oxygen atoms in total. The zero-order valence-corrected chi connectivity index (χ0v) is 7.71. The molecule has 3 heteroatoms. The number of nitrogens with one attached hydrogen (secondary N) is 1. The van der Waals surface area contributed by atoms with E-state index in [4.69, 9.17) is 0 Å². The van der Waals surface area contributed by atoms with Crippen LogP contribution in [0.1, 0.15) is 32.6 Å². The van der Waals surface area contributed by atoms with E-state index in [1.165, 1.54) is 0 Å². The fourth-order valence-electron chi connectivity index (χ4n) is 2.07. The van der Waals surface area contributed by atoms with Gasteiger partial charge in [0, 0.05) is 5.54 Å². The molecular formula is C9H19NO2. The molecule has 1 aliphatic carbocycles. The van der Waals surface area contributed by atoms with Gasteiger partial charge in [0.2, 0.25) is 0 Å². The van der Waals surface area contributed by atoms with E-state index in [-0.39, 0.29) is 18.2 Å². The van der Waals surface area contributed by atoms with Crippen molar-refractivity contribution in [2.75, 3.05) is 13.2 Å². The summed E-state index contributed by atoms with van der Waals surface area (Å²) in [4.78, 5) is 0. The average Bonchev–Trinajstić information content (AvgIpc) is 2.05. The van der Waals surface area contributed by atoms with Crippen LogP contribution in [0.4, 0.5) is 0 Å². The third-order valence-electron chi connectivity index (χ3n) is 2.67. The van der Waals surface area contributed by atoms with Gasteiger partial charge in [-0.2, -0.15) is 0 Å². The van der Waals surface area contributed by atoms with E-state index in [0.29, 0.717) is 6.42 Å². The summed E-state index contributed by atoms with van der Waals surface area (Å²) >= 11 is 0. The molecule has 72 valence electrons. The van der Waals surface area contributed by atoms with E-state index in [9.17, 15) is 10.2 Å². The van der Waals surface area contributed by atoms with Crippen LogP contribution in [0.2, 0.25) is 0 Å². The minimum atomic E-state index is -0.232. The molecule has 0 bridgehead atoms. The lowest BCUT2D eigenvalue weighted by atomic mass is 9.80. The Kier molecular flexibility index (Phi) is 3.50. The lowest BCUT2D eigenvalue weighted by Crippen LogP contribution is -2.52. The average molecular weight is 173 g/mol. The second-order valence-electron chi connectivity index (χ2n) is 3.72. The van der Waals surface area contributed by atoms with E-state index in [1.54, 1.807) is 0 Å². The van der Waals surface area contributed by atoms with Crippen molar-refractivity contribution in [1.82, 2.24) is 5.32 Å². The normalized spacial score (nSPS) is 36.8. The minimum absolute atomic E-state index is 0.137. The minimum Gasteiger partial charge on any atom is -0.394 e. The monoisotopic (exact) mass is 173 g/mol. The van der Waals surface area contributed by atoms with Crippen LogP contribution in [-0.4, -0.2) is 35.0 Å². The summed E-state index contributed by atoms with van der Waals surface area (Å²) in [6, 6.07) is 0. The van der Waals surface area contributed by atoms with Gasteiger partial charge in [0.25, 0.3) is 0 Å². The Morgan fingerprint density at radius 3 is 2.83 bits per heavy atom. The summed E-state index contributed by atoms with van der Waals surface area (Å²) in [6.45, 7) is 3.02. The number of aliphatic hydroxyl groups is 2. The van der Waals surface area contributed by atoms with Crippen molar-refractivity contribution in [3.8, 4) is 0 Å². The van der Waals surface area contributed by atoms with Gasteiger partial charge in [-0.1, -0.05) is 6.92 Å². The first kappa shape index (κ1) is 9.96. The smallest absolute Gasteiger partial charge is 0.0614 e. The molecule has 12 heavy (non-hydrogen) atoms. The molecule has 2 atom stereocenters. The first-order valence-corrected chi connectivity index (χ1v) is 4.76. The molecule has 1 saturated carbocycles. The van der Waals surface area contributed by atoms with E-state index in [1.807, 2.05) is 6.92 Å². The summed E-state index contributed by atoms with van der Waals surface area (Å²) in [5.74, 6) is 0. The Balaban J connectivity index is 2.51. The van der Waals surface area contributed by atoms with Crippen LogP contribution in [0.15, 0.2) is 0 Å². The third-order valence-corrected chi connectivity index (χ3v) is 2.67. The quantitative estimate of drug-likeness (QED) is 0.574. The van der Waals surface area contributed by atoms with Gasteiger partial charge in [-0.05, 0) is 32.2 Å². The van der Waals surface area contributed by atoms with Gasteiger partial charge in [-0.3, -0.25) is 0 Å². The molecular weight excluding hydrogens is 154 g/mol. The van der Waals surface area contributed by atoms with Crippen molar-refractivity contribution in [1.29, 1.82) is 0 Å². The number of hydrogen-bond acceptors (Lipinski definition) is 3. The fraction of sp³-hybridized carbons (Fsp3) is 1.00. The number of likely N-dealkylation sites (N-methyl/N-ethyl adjacent to an activating group) is 1. The predicted molar refractivity (Wildman–Crippen MR) is 48.0 cm³/mol. The summed E-state index contributed by atoms with van der Waals surface area (Å²) in [5.41, 5.74) is -0.202. The molecule has 0 spiro atoms. The molecule has 1 fully saturated rings. The summed E-state index contributed by atoms with van der Waals surface area (Å²) in [5, 5.41) is 21.9. The molecule has 0 aromatic rings. The molecule has 2 unspecified atom stereocenters. The van der Waals surface area contributed by atoms with Gasteiger partial charge in [0.1, 0.15) is 0 Å². The number of rotatable bonds is 3. The maximum absolute atomic E-state index is 9.45. The SMILES string of the molecule is CCNC1(CO)CCCC(O)C1.